The molecule has 132 heavy (non-hydrogen) atoms. The van der Waals surface area contributed by atoms with Crippen LogP contribution in [0.5, 0.6) is 11.5 Å². The summed E-state index contributed by atoms with van der Waals surface area (Å²) in [6, 6.07) is -13.6. The normalized spacial score (nSPS) is 17.4. The number of aromatic hydroxyl groups is 2. The molecular formula is C84H140N24O22S2. The van der Waals surface area contributed by atoms with Crippen molar-refractivity contribution < 1.29 is 107 Å². The summed E-state index contributed by atoms with van der Waals surface area (Å²) < 4.78 is -1.60. The van der Waals surface area contributed by atoms with Crippen molar-refractivity contribution >= 4 is 132 Å². The van der Waals surface area contributed by atoms with Crippen molar-refractivity contribution in [2.45, 2.75) is 273 Å². The van der Waals surface area contributed by atoms with Gasteiger partial charge in [0.1, 0.15) is 102 Å². The number of hydrogen-bond acceptors (Lipinski definition) is 29. The maximum Gasteiger partial charge on any atom is 0.326 e. The minimum absolute atomic E-state index is 0.0790. The van der Waals surface area contributed by atoms with E-state index in [9.17, 15) is 107 Å². The molecule has 0 aliphatic carbocycles. The Morgan fingerprint density at radius 1 is 0.462 bits per heavy atom. The van der Waals surface area contributed by atoms with Gasteiger partial charge in [0, 0.05) is 42.9 Å². The third-order valence-electron chi connectivity index (χ3n) is 22.4. The van der Waals surface area contributed by atoms with Crippen molar-refractivity contribution in [2.75, 3.05) is 45.0 Å². The van der Waals surface area contributed by atoms with Gasteiger partial charge < -0.3 is 151 Å². The van der Waals surface area contributed by atoms with Gasteiger partial charge in [0.05, 0.1) is 24.7 Å². The van der Waals surface area contributed by atoms with Gasteiger partial charge >= 0.3 is 5.97 Å². The molecule has 1 aliphatic rings. The van der Waals surface area contributed by atoms with Crippen LogP contribution < -0.4 is 120 Å². The molecule has 16 amide bonds. The number of nitrogens with two attached hydrogens (primary N) is 8. The first-order valence-electron chi connectivity index (χ1n) is 43.9. The molecule has 0 radical (unpaired) electrons. The fraction of sp³-hybridized carbons (Fsp3) is 0.643. The number of aliphatic hydroxyl groups is 2. The fourth-order valence-electron chi connectivity index (χ4n) is 13.8. The second-order valence-corrected chi connectivity index (χ2v) is 35.4. The van der Waals surface area contributed by atoms with E-state index in [2.05, 4.69) is 105 Å². The standard InChI is InChI=1S/C84H140N24O22S2/c1-12-41(6)62(77(124)102-58(39-131)74(121)97-51(25-29-85)68(115)95-52(26-30-86)69(116)101-57(82(129)130)35-46-19-23-48(111)24-20-46)103-70(117)54(28-32-88)98-79(126)65(44(9)109)106-71(118)53(27-31-87)96-67(114)50(16-15-33-93-83(91)92)94-72(119)56(37-60(89)113)100-80(127)66(84(10,11)132)107-73(120)55(34-45-17-21-47(110)22-18-45)99-76(123)63(42(7)13-2)105-78(125)64(43(8)14-3)104-75(122)59-36-49(112)38-108(59)81(128)61(90)40(4)5/h17-24,40-44,49-59,61-66,109-112,131-132H,12-16,25-39,85-88,90H2,1-11H3,(H2,89,113)(H,94,119)(H,95,115)(H,96,114)(H,97,121)(H,98,126)(H,99,123)(H,100,127)(H,101,116)(H,102,124)(H,103,117)(H,104,122)(H,105,125)(H,106,118)(H,107,120)(H,129,130)(H4,91,92,93)/t41-,42-,43-,44+,49+,50-,51-,52-,53-,54+,55-,56-,57-,58-,59-,61-,62-,63-,64-,65-,66+/m0/s1. The van der Waals surface area contributed by atoms with Crippen molar-refractivity contribution in [3.8, 4) is 11.5 Å². The number of aliphatic carboxylic acids is 1. The van der Waals surface area contributed by atoms with Gasteiger partial charge in [-0.15, -0.1) is 0 Å². The Kier molecular flexibility index (Phi) is 49.2. The van der Waals surface area contributed by atoms with Crippen molar-refractivity contribution in [1.82, 2.24) is 79.3 Å². The van der Waals surface area contributed by atoms with E-state index in [1.54, 1.807) is 55.4 Å². The number of amides is 16. The zero-order valence-corrected chi connectivity index (χ0v) is 78.3. The molecule has 0 saturated carbocycles. The number of β-amino-alcohol motifs (C(OH)–C–C–N with tert-alkyl or cyclic N) is 1. The fourth-order valence-corrected chi connectivity index (χ4v) is 14.2. The molecule has 1 fully saturated rings. The number of benzene rings is 2. The topological polar surface area (TPSA) is 784 Å². The summed E-state index contributed by atoms with van der Waals surface area (Å²) in [4.78, 5) is 245. The lowest BCUT2D eigenvalue weighted by Gasteiger charge is -2.33. The summed E-state index contributed by atoms with van der Waals surface area (Å²) in [6.07, 6.45) is -5.27. The van der Waals surface area contributed by atoms with Crippen molar-refractivity contribution in [2.24, 2.45) is 74.5 Å². The number of hydrogen-bond donors (Lipinski definition) is 29. The van der Waals surface area contributed by atoms with Crippen LogP contribution in [0.15, 0.2) is 53.5 Å². The Balaban J connectivity index is 1.93. The van der Waals surface area contributed by atoms with Gasteiger partial charge in [0.2, 0.25) is 94.5 Å². The highest BCUT2D eigenvalue weighted by atomic mass is 32.1. The van der Waals surface area contributed by atoms with E-state index in [0.717, 1.165) is 6.92 Å². The van der Waals surface area contributed by atoms with E-state index in [-0.39, 0.29) is 127 Å². The third kappa shape index (κ3) is 37.4. The van der Waals surface area contributed by atoms with Gasteiger partial charge in [0.15, 0.2) is 5.96 Å². The number of carboxylic acids is 1. The summed E-state index contributed by atoms with van der Waals surface area (Å²) in [5.74, 6) is -20.8. The zero-order chi connectivity index (χ0) is 99.9. The molecule has 35 N–H and O–H groups in total. The number of carboxylic acid groups (broad SMARTS) is 1. The van der Waals surface area contributed by atoms with Gasteiger partial charge in [-0.1, -0.05) is 98.9 Å². The van der Waals surface area contributed by atoms with Gasteiger partial charge in [0.25, 0.3) is 0 Å². The molecular weight excluding hydrogens is 1760 g/mol. The summed E-state index contributed by atoms with van der Waals surface area (Å²) in [5, 5.41) is 86.8. The molecule has 0 aromatic heterocycles. The second-order valence-electron chi connectivity index (χ2n) is 33.8. The number of carbonyl (C=O) groups excluding carboxylic acids is 16. The van der Waals surface area contributed by atoms with E-state index in [0.29, 0.717) is 17.5 Å². The van der Waals surface area contributed by atoms with E-state index in [1.807, 2.05) is 0 Å². The largest absolute Gasteiger partial charge is 0.508 e. The number of primary amides is 1. The molecule has 740 valence electrons. The van der Waals surface area contributed by atoms with Crippen molar-refractivity contribution in [3.63, 3.8) is 0 Å². The van der Waals surface area contributed by atoms with E-state index < -0.39 is 250 Å². The number of phenolic OH excluding ortho intramolecular Hbond substituents is 2. The summed E-state index contributed by atoms with van der Waals surface area (Å²) in [5.41, 5.74) is 47.3. The number of nitrogens with zero attached hydrogens (tertiary/aromatic N) is 2. The highest BCUT2D eigenvalue weighted by Gasteiger charge is 2.46. The number of aliphatic imine (C=N–C) groups is 1. The minimum atomic E-state index is -1.98. The number of nitrogens with one attached hydrogen (secondary N) is 14. The van der Waals surface area contributed by atoms with Crippen LogP contribution in [0.2, 0.25) is 0 Å². The molecule has 21 atom stereocenters. The predicted molar refractivity (Wildman–Crippen MR) is 493 cm³/mol. The first-order valence-corrected chi connectivity index (χ1v) is 45.0. The van der Waals surface area contributed by atoms with Crippen LogP contribution in [0, 0.1) is 23.7 Å². The van der Waals surface area contributed by atoms with Gasteiger partial charge in [-0.25, -0.2) is 4.79 Å². The number of aliphatic hydroxyl groups excluding tert-OH is 2. The molecule has 1 aliphatic heterocycles. The summed E-state index contributed by atoms with van der Waals surface area (Å²) in [6.45, 7) is 16.0. The Labute approximate surface area is 778 Å². The molecule has 0 unspecified atom stereocenters. The summed E-state index contributed by atoms with van der Waals surface area (Å²) >= 11 is 8.90. The van der Waals surface area contributed by atoms with Crippen molar-refractivity contribution in [3.05, 3.63) is 59.7 Å². The first kappa shape index (κ1) is 115. The summed E-state index contributed by atoms with van der Waals surface area (Å²) in [7, 11) is 0. The Bertz CT molecular complexity index is 4240. The molecule has 3 rings (SSSR count). The SMILES string of the molecule is CC[C@H](C)[C@H](NC(=O)[C@@H](NC(=O)[C@@H]1C[C@@H](O)CN1C(=O)[C@@H](N)C(C)C)[C@@H](C)CC)C(=O)N[C@@H](Cc1ccc(O)cc1)C(=O)N[C@H](C(=O)N[C@@H](CC(N)=O)C(=O)N[C@@H](CCCN=C(N)N)C(=O)N[C@@H](CCN)C(=O)N[C@H](C(=O)N[C@H](CCN)C(=O)N[C@H](C(=O)N[C@@H](CS)C(=O)N[C@@H](CCN)C(=O)N[C@@H](CCN)C(=O)N[C@@H](Cc1ccc(O)cc1)C(=O)O)[C@@H](C)CC)[C@@H](C)O)C(C)(C)S. The van der Waals surface area contributed by atoms with Crippen LogP contribution in [0.4, 0.5) is 0 Å². The number of guanidine groups is 1. The maximum atomic E-state index is 15.0. The molecule has 1 heterocycles. The van der Waals surface area contributed by atoms with Crippen LogP contribution in [0.25, 0.3) is 0 Å². The van der Waals surface area contributed by atoms with Crippen LogP contribution in [0.3, 0.4) is 0 Å². The average molecular weight is 1900 g/mol. The number of rotatable bonds is 58. The Morgan fingerprint density at radius 3 is 1.18 bits per heavy atom. The Hall–Kier alpha value is -11.3. The third-order valence-corrected chi connectivity index (χ3v) is 23.0. The molecule has 48 heteroatoms. The first-order chi connectivity index (χ1) is 61.9. The highest BCUT2D eigenvalue weighted by Crippen LogP contribution is 2.25. The van der Waals surface area contributed by atoms with Gasteiger partial charge in [-0.3, -0.25) is 81.7 Å². The van der Waals surface area contributed by atoms with Crippen LogP contribution in [0.1, 0.15) is 158 Å². The molecule has 1 saturated heterocycles. The lowest BCUT2D eigenvalue weighted by atomic mass is 9.94. The van der Waals surface area contributed by atoms with Crippen molar-refractivity contribution in [1.29, 1.82) is 0 Å². The predicted octanol–water partition coefficient (Wildman–Crippen LogP) is -7.82. The van der Waals surface area contributed by atoms with Crippen LogP contribution in [-0.2, 0) is 94.3 Å². The van der Waals surface area contributed by atoms with Crippen LogP contribution in [-0.4, -0.2) is 296 Å². The molecule has 0 bridgehead atoms. The number of thiol groups is 2. The van der Waals surface area contributed by atoms with Gasteiger partial charge in [-0.2, -0.15) is 25.3 Å². The smallest absolute Gasteiger partial charge is 0.326 e. The minimum Gasteiger partial charge on any atom is -0.508 e. The number of likely N-dealkylation sites (tertiary alicyclic amines) is 1. The average Bonchev–Trinajstić information content (AvgIpc) is 1.61. The number of carbonyl (C=O) groups is 17. The van der Waals surface area contributed by atoms with Crippen LogP contribution >= 0.6 is 25.3 Å². The van der Waals surface area contributed by atoms with E-state index >= 15 is 0 Å². The molecule has 46 nitrogen and oxygen atoms in total. The van der Waals surface area contributed by atoms with E-state index in [4.69, 9.17) is 45.9 Å². The zero-order valence-electron chi connectivity index (χ0n) is 76.5. The molecule has 2 aromatic carbocycles. The second kappa shape index (κ2) is 56.6. The molecule has 2 aromatic rings. The number of phenols is 2. The van der Waals surface area contributed by atoms with E-state index in [1.165, 1.54) is 67.3 Å². The Morgan fingerprint density at radius 2 is 0.795 bits per heavy atom. The molecule has 0 spiro atoms. The maximum absolute atomic E-state index is 15.0. The monoisotopic (exact) mass is 1900 g/mol. The van der Waals surface area contributed by atoms with Gasteiger partial charge in [-0.05, 0) is 145 Å². The highest BCUT2D eigenvalue weighted by molar-refractivity contribution is 7.81. The lowest BCUT2D eigenvalue weighted by Crippen LogP contribution is -2.64. The lowest BCUT2D eigenvalue weighted by molar-refractivity contribution is -0.142. The quantitative estimate of drug-likeness (QED) is 0.0127.